The van der Waals surface area contributed by atoms with E-state index >= 15 is 0 Å². The van der Waals surface area contributed by atoms with Gasteiger partial charge in [0.1, 0.15) is 12.4 Å². The molecule has 0 saturated carbocycles. The van der Waals surface area contributed by atoms with Crippen molar-refractivity contribution in [2.24, 2.45) is 0 Å². The van der Waals surface area contributed by atoms with Crippen LogP contribution in [0.4, 0.5) is 5.69 Å². The van der Waals surface area contributed by atoms with E-state index in [1.807, 2.05) is 0 Å². The lowest BCUT2D eigenvalue weighted by molar-refractivity contribution is -0.164. The molecule has 0 fully saturated rings. The smallest absolute Gasteiger partial charge is 0.360 e. The third-order valence-electron chi connectivity index (χ3n) is 2.60. The van der Waals surface area contributed by atoms with Gasteiger partial charge in [-0.15, -0.1) is 0 Å². The van der Waals surface area contributed by atoms with E-state index in [1.54, 1.807) is 24.3 Å². The zero-order chi connectivity index (χ0) is 13.2. The number of hydrogen-bond acceptors (Lipinski definition) is 4. The van der Waals surface area contributed by atoms with Crippen molar-refractivity contribution in [2.75, 3.05) is 11.9 Å². The van der Waals surface area contributed by atoms with Crippen molar-refractivity contribution in [3.63, 3.8) is 0 Å². The molecule has 0 aromatic heterocycles. The summed E-state index contributed by atoms with van der Waals surface area (Å²) in [5.74, 6) is -0.847. The Morgan fingerprint density at radius 1 is 1.56 bits per heavy atom. The maximum atomic E-state index is 11.9. The molecule has 2 rings (SSSR count). The molecule has 0 saturated heterocycles. The Bertz CT molecular complexity index is 511. The van der Waals surface area contributed by atoms with Gasteiger partial charge in [-0.25, -0.2) is 4.79 Å². The highest BCUT2D eigenvalue weighted by Crippen LogP contribution is 2.33. The molecule has 1 aromatic carbocycles. The highest BCUT2D eigenvalue weighted by atomic mass is 16.6. The summed E-state index contributed by atoms with van der Waals surface area (Å²) in [6.07, 6.45) is 1.43. The lowest BCUT2D eigenvalue weighted by Gasteiger charge is -2.32. The highest BCUT2D eigenvalue weighted by Gasteiger charge is 2.48. The molecule has 18 heavy (non-hydrogen) atoms. The predicted molar refractivity (Wildman–Crippen MR) is 65.3 cm³/mol. The summed E-state index contributed by atoms with van der Waals surface area (Å²) in [5, 5.41) is 2.62. The van der Waals surface area contributed by atoms with Crippen molar-refractivity contribution in [3.8, 4) is 5.75 Å². The Morgan fingerprint density at radius 2 is 2.28 bits per heavy atom. The summed E-state index contributed by atoms with van der Waals surface area (Å²) in [4.78, 5) is 23.8. The zero-order valence-corrected chi connectivity index (χ0v) is 9.93. The van der Waals surface area contributed by atoms with Gasteiger partial charge in [-0.2, -0.15) is 0 Å². The third-order valence-corrected chi connectivity index (χ3v) is 2.60. The normalized spacial score (nSPS) is 21.3. The van der Waals surface area contributed by atoms with Crippen LogP contribution in [0.15, 0.2) is 36.9 Å². The second-order valence-electron chi connectivity index (χ2n) is 3.97. The van der Waals surface area contributed by atoms with Crippen LogP contribution in [0.25, 0.3) is 0 Å². The number of benzene rings is 1. The summed E-state index contributed by atoms with van der Waals surface area (Å²) in [7, 11) is 0. The molecule has 0 aliphatic carbocycles. The van der Waals surface area contributed by atoms with Gasteiger partial charge in [0.05, 0.1) is 5.69 Å². The Kier molecular flexibility index (Phi) is 3.06. The first-order valence-corrected chi connectivity index (χ1v) is 5.45. The van der Waals surface area contributed by atoms with Crippen molar-refractivity contribution in [1.29, 1.82) is 0 Å². The Hall–Kier alpha value is -2.30. The van der Waals surface area contributed by atoms with Gasteiger partial charge in [0.2, 0.25) is 0 Å². The van der Waals surface area contributed by atoms with Gasteiger partial charge in [0, 0.05) is 0 Å². The van der Waals surface area contributed by atoms with E-state index in [2.05, 4.69) is 11.9 Å². The molecule has 1 heterocycles. The van der Waals surface area contributed by atoms with Crippen molar-refractivity contribution in [2.45, 2.75) is 12.5 Å². The Morgan fingerprint density at radius 3 is 3.00 bits per heavy atom. The lowest BCUT2D eigenvalue weighted by atomic mass is 10.0. The molecule has 0 bridgehead atoms. The molecule has 1 aliphatic heterocycles. The zero-order valence-electron chi connectivity index (χ0n) is 9.93. The van der Waals surface area contributed by atoms with Crippen LogP contribution in [0.3, 0.4) is 0 Å². The van der Waals surface area contributed by atoms with E-state index in [9.17, 15) is 9.59 Å². The van der Waals surface area contributed by atoms with Crippen LogP contribution in [0, 0.1) is 0 Å². The highest BCUT2D eigenvalue weighted by molar-refractivity contribution is 6.13. The summed E-state index contributed by atoms with van der Waals surface area (Å²) in [5.41, 5.74) is -1.13. The van der Waals surface area contributed by atoms with Gasteiger partial charge in [-0.05, 0) is 19.1 Å². The minimum atomic E-state index is -1.67. The number of fused-ring (bicyclic) bond motifs is 1. The van der Waals surface area contributed by atoms with E-state index in [4.69, 9.17) is 9.47 Å². The molecule has 1 amide bonds. The minimum Gasteiger partial charge on any atom is -0.464 e. The molecule has 0 radical (unpaired) electrons. The van der Waals surface area contributed by atoms with Crippen LogP contribution in [0.2, 0.25) is 0 Å². The maximum absolute atomic E-state index is 11.9. The number of rotatable bonds is 3. The van der Waals surface area contributed by atoms with Crippen molar-refractivity contribution in [1.82, 2.24) is 0 Å². The predicted octanol–water partition coefficient (Wildman–Crippen LogP) is 1.51. The molecule has 1 atom stereocenters. The van der Waals surface area contributed by atoms with Crippen LogP contribution in [-0.2, 0) is 14.3 Å². The monoisotopic (exact) mass is 247 g/mol. The molecule has 1 aromatic rings. The molecular formula is C13H13NO4. The fourth-order valence-electron chi connectivity index (χ4n) is 1.57. The number of esters is 1. The van der Waals surface area contributed by atoms with Gasteiger partial charge < -0.3 is 14.8 Å². The van der Waals surface area contributed by atoms with Crippen molar-refractivity contribution >= 4 is 17.6 Å². The van der Waals surface area contributed by atoms with E-state index in [1.165, 1.54) is 13.0 Å². The average molecular weight is 247 g/mol. The van der Waals surface area contributed by atoms with Gasteiger partial charge in [0.25, 0.3) is 11.5 Å². The van der Waals surface area contributed by atoms with Crippen LogP contribution in [0.1, 0.15) is 6.92 Å². The summed E-state index contributed by atoms with van der Waals surface area (Å²) >= 11 is 0. The lowest BCUT2D eigenvalue weighted by Crippen LogP contribution is -2.55. The minimum absolute atomic E-state index is 0.0344. The fraction of sp³-hybridized carbons (Fsp3) is 0.231. The molecule has 94 valence electrons. The van der Waals surface area contributed by atoms with Crippen LogP contribution < -0.4 is 10.1 Å². The van der Waals surface area contributed by atoms with Gasteiger partial charge >= 0.3 is 5.97 Å². The Balaban J connectivity index is 2.27. The molecule has 1 aliphatic rings. The van der Waals surface area contributed by atoms with Crippen LogP contribution in [0.5, 0.6) is 5.75 Å². The van der Waals surface area contributed by atoms with Gasteiger partial charge in [0.15, 0.2) is 0 Å². The number of ether oxygens (including phenoxy) is 2. The molecular weight excluding hydrogens is 234 g/mol. The first-order chi connectivity index (χ1) is 8.58. The second-order valence-corrected chi connectivity index (χ2v) is 3.97. The van der Waals surface area contributed by atoms with Crippen LogP contribution >= 0.6 is 0 Å². The third kappa shape index (κ3) is 1.95. The quantitative estimate of drug-likeness (QED) is 0.499. The summed E-state index contributed by atoms with van der Waals surface area (Å²) < 4.78 is 10.3. The van der Waals surface area contributed by atoms with Gasteiger partial charge in [-0.1, -0.05) is 24.8 Å². The molecule has 5 nitrogen and oxygen atoms in total. The number of anilines is 1. The van der Waals surface area contributed by atoms with Crippen molar-refractivity contribution < 1.29 is 19.1 Å². The molecule has 1 unspecified atom stereocenters. The number of carbonyl (C=O) groups is 2. The number of amides is 1. The molecule has 0 spiro atoms. The summed E-state index contributed by atoms with van der Waals surface area (Å²) in [6.45, 7) is 4.85. The van der Waals surface area contributed by atoms with Gasteiger partial charge in [-0.3, -0.25) is 4.79 Å². The molecule has 5 heteroatoms. The fourth-order valence-corrected chi connectivity index (χ4v) is 1.57. The van der Waals surface area contributed by atoms with E-state index in [0.717, 1.165) is 0 Å². The number of hydrogen-bond donors (Lipinski definition) is 1. The second kappa shape index (κ2) is 4.52. The largest absolute Gasteiger partial charge is 0.464 e. The first kappa shape index (κ1) is 12.2. The average Bonchev–Trinajstić information content (AvgIpc) is 2.37. The molecule has 1 N–H and O–H groups in total. The number of para-hydroxylation sites is 2. The standard InChI is InChI=1S/C13H13NO4/c1-3-8-17-12(16)13(2)11(15)14-9-6-4-5-7-10(9)18-13/h3-7H,1,8H2,2H3,(H,14,15). The Labute approximate surface area is 104 Å². The van der Waals surface area contributed by atoms with E-state index in [0.29, 0.717) is 11.4 Å². The first-order valence-electron chi connectivity index (χ1n) is 5.45. The number of carbonyl (C=O) groups excluding carboxylic acids is 2. The number of nitrogens with one attached hydrogen (secondary N) is 1. The van der Waals surface area contributed by atoms with Crippen molar-refractivity contribution in [3.05, 3.63) is 36.9 Å². The van der Waals surface area contributed by atoms with Crippen LogP contribution in [-0.4, -0.2) is 24.1 Å². The SMILES string of the molecule is C=CCOC(=O)C1(C)Oc2ccccc2NC1=O. The summed E-state index contributed by atoms with van der Waals surface area (Å²) in [6, 6.07) is 6.89. The topological polar surface area (TPSA) is 64.6 Å². The van der Waals surface area contributed by atoms with E-state index < -0.39 is 17.5 Å². The maximum Gasteiger partial charge on any atom is 0.360 e. The van der Waals surface area contributed by atoms with E-state index in [-0.39, 0.29) is 6.61 Å².